The topological polar surface area (TPSA) is 77.4 Å². The molecule has 0 spiro atoms. The average molecular weight is 280 g/mol. The van der Waals surface area contributed by atoms with E-state index >= 15 is 0 Å². The summed E-state index contributed by atoms with van der Waals surface area (Å²) in [7, 11) is 0. The van der Waals surface area contributed by atoms with Crippen LogP contribution in [0.4, 0.5) is 0 Å². The summed E-state index contributed by atoms with van der Waals surface area (Å²) in [5.41, 5.74) is 5.81. The maximum absolute atomic E-state index is 5.88. The number of rotatable bonds is 4. The lowest BCUT2D eigenvalue weighted by atomic mass is 9.69. The van der Waals surface area contributed by atoms with Crippen LogP contribution in [0.25, 0.3) is 0 Å². The molecule has 0 amide bonds. The molecule has 1 aliphatic heterocycles. The highest BCUT2D eigenvalue weighted by molar-refractivity contribution is 5.12. The fourth-order valence-corrected chi connectivity index (χ4v) is 2.98. The van der Waals surface area contributed by atoms with Crippen molar-refractivity contribution in [2.24, 2.45) is 5.73 Å². The quantitative estimate of drug-likeness (QED) is 0.894. The van der Waals surface area contributed by atoms with E-state index in [1.54, 1.807) is 0 Å². The van der Waals surface area contributed by atoms with E-state index in [1.165, 1.54) is 6.42 Å². The number of morpholine rings is 1. The van der Waals surface area contributed by atoms with Gasteiger partial charge in [-0.3, -0.25) is 4.90 Å². The molecular weight excluding hydrogens is 256 g/mol. The molecule has 2 N–H and O–H groups in total. The molecule has 112 valence electrons. The van der Waals surface area contributed by atoms with Crippen LogP contribution in [0.15, 0.2) is 4.52 Å². The van der Waals surface area contributed by atoms with Crippen LogP contribution >= 0.6 is 0 Å². The van der Waals surface area contributed by atoms with Crippen molar-refractivity contribution in [1.29, 1.82) is 0 Å². The van der Waals surface area contributed by atoms with Crippen LogP contribution in [0.3, 0.4) is 0 Å². The first-order valence-electron chi connectivity index (χ1n) is 7.54. The summed E-state index contributed by atoms with van der Waals surface area (Å²) in [4.78, 5) is 6.96. The number of aromatic nitrogens is 2. The molecule has 20 heavy (non-hydrogen) atoms. The SMILES string of the molecule is CC(C)N1CCOC(c2noc(C3(CN)CCC3)n2)C1. The number of ether oxygens (including phenoxy) is 1. The van der Waals surface area contributed by atoms with E-state index in [0.29, 0.717) is 24.3 Å². The lowest BCUT2D eigenvalue weighted by Gasteiger charge is -2.37. The molecule has 1 aliphatic carbocycles. The minimum atomic E-state index is -0.0847. The monoisotopic (exact) mass is 280 g/mol. The van der Waals surface area contributed by atoms with Crippen molar-refractivity contribution in [1.82, 2.24) is 15.0 Å². The Morgan fingerprint density at radius 2 is 2.25 bits per heavy atom. The molecule has 0 aromatic carbocycles. The lowest BCUT2D eigenvalue weighted by Crippen LogP contribution is -2.43. The fraction of sp³-hybridized carbons (Fsp3) is 0.857. The zero-order valence-corrected chi connectivity index (χ0v) is 12.3. The molecule has 2 fully saturated rings. The second-order valence-corrected chi connectivity index (χ2v) is 6.24. The highest BCUT2D eigenvalue weighted by Crippen LogP contribution is 2.42. The average Bonchev–Trinajstić information content (AvgIpc) is 2.88. The Labute approximate surface area is 119 Å². The smallest absolute Gasteiger partial charge is 0.234 e. The van der Waals surface area contributed by atoms with E-state index in [9.17, 15) is 0 Å². The van der Waals surface area contributed by atoms with Gasteiger partial charge >= 0.3 is 0 Å². The zero-order chi connectivity index (χ0) is 14.2. The molecule has 3 rings (SSSR count). The van der Waals surface area contributed by atoms with Crippen molar-refractivity contribution in [2.45, 2.75) is 50.7 Å². The van der Waals surface area contributed by atoms with Crippen LogP contribution in [-0.4, -0.2) is 47.3 Å². The third-order valence-corrected chi connectivity index (χ3v) is 4.71. The second kappa shape index (κ2) is 5.42. The van der Waals surface area contributed by atoms with Gasteiger partial charge < -0.3 is 15.0 Å². The van der Waals surface area contributed by atoms with Crippen molar-refractivity contribution in [2.75, 3.05) is 26.2 Å². The summed E-state index contributed by atoms with van der Waals surface area (Å²) in [6.45, 7) is 7.48. The molecule has 0 radical (unpaired) electrons. The molecule has 1 atom stereocenters. The Morgan fingerprint density at radius 1 is 1.45 bits per heavy atom. The molecule has 6 heteroatoms. The van der Waals surface area contributed by atoms with Gasteiger partial charge in [0.1, 0.15) is 6.10 Å². The molecule has 2 heterocycles. The molecule has 1 aromatic heterocycles. The van der Waals surface area contributed by atoms with E-state index in [4.69, 9.17) is 15.0 Å². The van der Waals surface area contributed by atoms with Gasteiger partial charge in [-0.15, -0.1) is 0 Å². The van der Waals surface area contributed by atoms with Crippen LogP contribution in [0.5, 0.6) is 0 Å². The van der Waals surface area contributed by atoms with E-state index in [2.05, 4.69) is 28.9 Å². The summed E-state index contributed by atoms with van der Waals surface area (Å²) in [5, 5.41) is 4.14. The Balaban J connectivity index is 1.73. The Bertz CT molecular complexity index is 450. The summed E-state index contributed by atoms with van der Waals surface area (Å²) < 4.78 is 11.3. The van der Waals surface area contributed by atoms with E-state index in [0.717, 1.165) is 32.5 Å². The summed E-state index contributed by atoms with van der Waals surface area (Å²) in [6, 6.07) is 0.509. The van der Waals surface area contributed by atoms with E-state index in [-0.39, 0.29) is 11.5 Å². The standard InChI is InChI=1S/C14H24N4O2/c1-10(2)18-6-7-19-11(8-18)12-16-13(20-17-12)14(9-15)4-3-5-14/h10-11H,3-9,15H2,1-2H3. The van der Waals surface area contributed by atoms with Gasteiger partial charge in [-0.2, -0.15) is 4.98 Å². The largest absolute Gasteiger partial charge is 0.367 e. The van der Waals surface area contributed by atoms with E-state index in [1.807, 2.05) is 0 Å². The molecule has 6 nitrogen and oxygen atoms in total. The Hall–Kier alpha value is -0.980. The third kappa shape index (κ3) is 2.36. The van der Waals surface area contributed by atoms with Crippen molar-refractivity contribution < 1.29 is 9.26 Å². The summed E-state index contributed by atoms with van der Waals surface area (Å²) in [5.74, 6) is 1.37. The van der Waals surface area contributed by atoms with Crippen LogP contribution in [-0.2, 0) is 10.2 Å². The van der Waals surface area contributed by atoms with Gasteiger partial charge in [-0.25, -0.2) is 0 Å². The van der Waals surface area contributed by atoms with Gasteiger partial charge in [0.25, 0.3) is 0 Å². The predicted molar refractivity (Wildman–Crippen MR) is 74.3 cm³/mol. The molecule has 1 unspecified atom stereocenters. The van der Waals surface area contributed by atoms with Crippen molar-refractivity contribution in [3.8, 4) is 0 Å². The molecule has 1 saturated heterocycles. The van der Waals surface area contributed by atoms with Crippen molar-refractivity contribution >= 4 is 0 Å². The number of hydrogen-bond acceptors (Lipinski definition) is 6. The van der Waals surface area contributed by atoms with Gasteiger partial charge in [0.05, 0.1) is 12.0 Å². The van der Waals surface area contributed by atoms with Gasteiger partial charge in [0, 0.05) is 25.7 Å². The molecule has 1 aromatic rings. The zero-order valence-electron chi connectivity index (χ0n) is 12.3. The van der Waals surface area contributed by atoms with Gasteiger partial charge in [0.2, 0.25) is 11.7 Å². The fourth-order valence-electron chi connectivity index (χ4n) is 2.98. The number of hydrogen-bond donors (Lipinski definition) is 1. The minimum Gasteiger partial charge on any atom is -0.367 e. The first kappa shape index (κ1) is 14.0. The first-order chi connectivity index (χ1) is 9.64. The first-order valence-corrected chi connectivity index (χ1v) is 7.54. The summed E-state index contributed by atoms with van der Waals surface area (Å²) >= 11 is 0. The second-order valence-electron chi connectivity index (χ2n) is 6.24. The molecule has 1 saturated carbocycles. The van der Waals surface area contributed by atoms with Crippen LogP contribution in [0.2, 0.25) is 0 Å². The predicted octanol–water partition coefficient (Wildman–Crippen LogP) is 1.23. The maximum Gasteiger partial charge on any atom is 0.234 e. The Morgan fingerprint density at radius 3 is 2.85 bits per heavy atom. The van der Waals surface area contributed by atoms with Gasteiger partial charge in [0.15, 0.2) is 0 Å². The van der Waals surface area contributed by atoms with Crippen molar-refractivity contribution in [3.05, 3.63) is 11.7 Å². The molecule has 0 bridgehead atoms. The highest BCUT2D eigenvalue weighted by Gasteiger charge is 2.43. The van der Waals surface area contributed by atoms with Gasteiger partial charge in [-0.05, 0) is 26.7 Å². The van der Waals surface area contributed by atoms with Crippen LogP contribution in [0, 0.1) is 0 Å². The van der Waals surface area contributed by atoms with Crippen LogP contribution < -0.4 is 5.73 Å². The number of nitrogens with two attached hydrogens (primary N) is 1. The van der Waals surface area contributed by atoms with Gasteiger partial charge in [-0.1, -0.05) is 11.6 Å². The number of nitrogens with zero attached hydrogens (tertiary/aromatic N) is 3. The van der Waals surface area contributed by atoms with Crippen LogP contribution in [0.1, 0.15) is 50.9 Å². The normalized spacial score (nSPS) is 26.7. The molecule has 2 aliphatic rings. The summed E-state index contributed by atoms with van der Waals surface area (Å²) in [6.07, 6.45) is 3.21. The van der Waals surface area contributed by atoms with E-state index < -0.39 is 0 Å². The third-order valence-electron chi connectivity index (χ3n) is 4.71. The molecular formula is C14H24N4O2. The maximum atomic E-state index is 5.88. The Kier molecular flexibility index (Phi) is 3.79. The highest BCUT2D eigenvalue weighted by atomic mass is 16.5. The minimum absolute atomic E-state index is 0.0718. The lowest BCUT2D eigenvalue weighted by molar-refractivity contribution is -0.0450. The van der Waals surface area contributed by atoms with Crippen molar-refractivity contribution in [3.63, 3.8) is 0 Å².